The van der Waals surface area contributed by atoms with Crippen molar-refractivity contribution in [3.05, 3.63) is 78.0 Å². The Kier molecular flexibility index (Phi) is 7.86. The first-order chi connectivity index (χ1) is 18.4. The first kappa shape index (κ1) is 28.0. The number of pyridine rings is 1. The minimum Gasteiger partial charge on any atom is -0.493 e. The lowest BCUT2D eigenvalue weighted by molar-refractivity contribution is 0.0523. The van der Waals surface area contributed by atoms with Gasteiger partial charge in [-0.1, -0.05) is 63.2 Å². The number of amides is 1. The smallest absolute Gasteiger partial charge is 0.407 e. The van der Waals surface area contributed by atoms with E-state index in [0.29, 0.717) is 11.5 Å². The number of benzene rings is 3. The van der Waals surface area contributed by atoms with Gasteiger partial charge in [-0.05, 0) is 67.1 Å². The van der Waals surface area contributed by atoms with Crippen molar-refractivity contribution in [2.24, 2.45) is 0 Å². The third-order valence-electron chi connectivity index (χ3n) is 6.45. The summed E-state index contributed by atoms with van der Waals surface area (Å²) in [7, 11) is 3.29. The molecule has 6 nitrogen and oxygen atoms in total. The van der Waals surface area contributed by atoms with Crippen LogP contribution in [0.3, 0.4) is 0 Å². The van der Waals surface area contributed by atoms with Gasteiger partial charge in [0.25, 0.3) is 0 Å². The lowest BCUT2D eigenvalue weighted by Gasteiger charge is -2.21. The number of aromatic nitrogens is 1. The molecule has 0 fully saturated rings. The van der Waals surface area contributed by atoms with Crippen LogP contribution in [-0.2, 0) is 16.7 Å². The maximum atomic E-state index is 12.5. The molecule has 0 spiro atoms. The molecule has 0 aliphatic carbocycles. The highest BCUT2D eigenvalue weighted by atomic mass is 16.6. The molecule has 3 aromatic carbocycles. The van der Waals surface area contributed by atoms with Crippen molar-refractivity contribution in [1.29, 1.82) is 0 Å². The monoisotopic (exact) mass is 526 g/mol. The van der Waals surface area contributed by atoms with Crippen LogP contribution in [-0.4, -0.2) is 30.9 Å². The van der Waals surface area contributed by atoms with E-state index in [2.05, 4.69) is 62.5 Å². The van der Waals surface area contributed by atoms with Crippen molar-refractivity contribution in [2.75, 3.05) is 14.2 Å². The van der Waals surface area contributed by atoms with E-state index in [0.717, 1.165) is 38.9 Å². The zero-order valence-corrected chi connectivity index (χ0v) is 24.1. The average Bonchev–Trinajstić information content (AvgIpc) is 2.89. The van der Waals surface area contributed by atoms with Gasteiger partial charge in [0.1, 0.15) is 5.60 Å². The van der Waals surface area contributed by atoms with E-state index in [4.69, 9.17) is 19.2 Å². The third kappa shape index (κ3) is 6.51. The van der Waals surface area contributed by atoms with Crippen LogP contribution in [0.1, 0.15) is 52.8 Å². The molecule has 6 heteroatoms. The topological polar surface area (TPSA) is 69.7 Å². The van der Waals surface area contributed by atoms with Gasteiger partial charge < -0.3 is 19.5 Å². The second kappa shape index (κ2) is 11.0. The van der Waals surface area contributed by atoms with Gasteiger partial charge in [0, 0.05) is 16.5 Å². The maximum Gasteiger partial charge on any atom is 0.407 e. The minimum absolute atomic E-state index is 0.0506. The van der Waals surface area contributed by atoms with Crippen LogP contribution in [0.5, 0.6) is 11.5 Å². The molecule has 1 heterocycles. The molecule has 1 amide bonds. The number of fused-ring (bicyclic) bond motifs is 1. The number of ether oxygens (including phenoxy) is 3. The molecule has 204 valence electrons. The van der Waals surface area contributed by atoms with Crippen molar-refractivity contribution in [2.45, 2.75) is 59.1 Å². The Morgan fingerprint density at radius 1 is 0.821 bits per heavy atom. The van der Waals surface area contributed by atoms with Crippen LogP contribution in [0.2, 0.25) is 0 Å². The van der Waals surface area contributed by atoms with Gasteiger partial charge in [0.05, 0.1) is 32.0 Å². The largest absolute Gasteiger partial charge is 0.493 e. The minimum atomic E-state index is -0.593. The van der Waals surface area contributed by atoms with Crippen LogP contribution in [0.15, 0.2) is 66.7 Å². The number of carbonyl (C=O) groups is 1. The molecule has 0 unspecified atom stereocenters. The van der Waals surface area contributed by atoms with E-state index in [-0.39, 0.29) is 12.0 Å². The molecule has 0 radical (unpaired) electrons. The molecule has 1 aromatic heterocycles. The first-order valence-corrected chi connectivity index (χ1v) is 13.1. The number of alkyl carbamates (subject to hydrolysis) is 1. The maximum absolute atomic E-state index is 12.5. The standard InChI is InChI=1S/C33H38N2O4/c1-32(2,3)24-15-13-21(14-16-24)26-18-23(19-29(37-7)30(26)38-8)25-17-22-11-9-10-12-27(22)35-28(25)20-34-31(36)39-33(4,5)6/h9-19H,20H2,1-8H3,(H,34,36). The molecular formula is C33H38N2O4. The van der Waals surface area contributed by atoms with Gasteiger partial charge in [0.2, 0.25) is 0 Å². The predicted molar refractivity (Wildman–Crippen MR) is 157 cm³/mol. The number of carbonyl (C=O) groups excluding carboxylic acids is 1. The van der Waals surface area contributed by atoms with Gasteiger partial charge in [-0.15, -0.1) is 0 Å². The molecule has 0 aliphatic heterocycles. The van der Waals surface area contributed by atoms with Crippen molar-refractivity contribution < 1.29 is 19.0 Å². The number of nitrogens with one attached hydrogen (secondary N) is 1. The average molecular weight is 527 g/mol. The molecule has 0 bridgehead atoms. The van der Waals surface area contributed by atoms with Crippen LogP contribution < -0.4 is 14.8 Å². The SMILES string of the molecule is COc1cc(-c2cc3ccccc3nc2CNC(=O)OC(C)(C)C)cc(-c2ccc(C(C)(C)C)cc2)c1OC. The van der Waals surface area contributed by atoms with Crippen LogP contribution in [0, 0.1) is 0 Å². The highest BCUT2D eigenvalue weighted by molar-refractivity contribution is 5.88. The Balaban J connectivity index is 1.85. The Bertz CT molecular complexity index is 1480. The number of hydrogen-bond acceptors (Lipinski definition) is 5. The van der Waals surface area contributed by atoms with E-state index in [1.54, 1.807) is 14.2 Å². The quantitative estimate of drug-likeness (QED) is 0.276. The molecule has 0 aliphatic rings. The van der Waals surface area contributed by atoms with Crippen molar-refractivity contribution in [3.63, 3.8) is 0 Å². The zero-order valence-electron chi connectivity index (χ0n) is 24.1. The summed E-state index contributed by atoms with van der Waals surface area (Å²) in [5.74, 6) is 1.27. The summed E-state index contributed by atoms with van der Waals surface area (Å²) in [5, 5.41) is 3.87. The molecule has 1 N–H and O–H groups in total. The van der Waals surface area contributed by atoms with E-state index >= 15 is 0 Å². The highest BCUT2D eigenvalue weighted by Crippen LogP contribution is 2.43. The van der Waals surface area contributed by atoms with Gasteiger partial charge in [-0.3, -0.25) is 4.98 Å². The Labute approximate surface area is 231 Å². The zero-order chi connectivity index (χ0) is 28.4. The van der Waals surface area contributed by atoms with E-state index in [1.807, 2.05) is 51.1 Å². The predicted octanol–water partition coefficient (Wildman–Crippen LogP) is 7.91. The number of rotatable bonds is 6. The van der Waals surface area contributed by atoms with E-state index < -0.39 is 11.7 Å². The summed E-state index contributed by atoms with van der Waals surface area (Å²) in [4.78, 5) is 17.4. The fourth-order valence-corrected chi connectivity index (χ4v) is 4.49. The molecule has 4 rings (SSSR count). The normalized spacial score (nSPS) is 11.8. The first-order valence-electron chi connectivity index (χ1n) is 13.1. The van der Waals surface area contributed by atoms with Gasteiger partial charge in [-0.2, -0.15) is 0 Å². The summed E-state index contributed by atoms with van der Waals surface area (Å²) in [6.45, 7) is 12.3. The Morgan fingerprint density at radius 2 is 1.51 bits per heavy atom. The lowest BCUT2D eigenvalue weighted by Crippen LogP contribution is -2.32. The molecule has 4 aromatic rings. The molecule has 0 saturated carbocycles. The second-order valence-electron chi connectivity index (χ2n) is 11.6. The van der Waals surface area contributed by atoms with Gasteiger partial charge in [-0.25, -0.2) is 4.79 Å². The van der Waals surface area contributed by atoms with Crippen LogP contribution >= 0.6 is 0 Å². The number of nitrogens with zero attached hydrogens (tertiary/aromatic N) is 1. The summed E-state index contributed by atoms with van der Waals surface area (Å²) in [5.41, 5.74) is 6.00. The van der Waals surface area contributed by atoms with E-state index in [1.165, 1.54) is 5.56 Å². The summed E-state index contributed by atoms with van der Waals surface area (Å²) in [6.07, 6.45) is -0.490. The Morgan fingerprint density at radius 3 is 2.13 bits per heavy atom. The van der Waals surface area contributed by atoms with Gasteiger partial charge >= 0.3 is 6.09 Å². The summed E-state index contributed by atoms with van der Waals surface area (Å²) < 4.78 is 17.1. The molecule has 39 heavy (non-hydrogen) atoms. The molecule has 0 atom stereocenters. The molecule has 0 saturated heterocycles. The third-order valence-corrected chi connectivity index (χ3v) is 6.45. The van der Waals surface area contributed by atoms with Crippen LogP contribution in [0.4, 0.5) is 4.79 Å². The summed E-state index contributed by atoms with van der Waals surface area (Å²) in [6, 6.07) is 22.6. The summed E-state index contributed by atoms with van der Waals surface area (Å²) >= 11 is 0. The highest BCUT2D eigenvalue weighted by Gasteiger charge is 2.21. The van der Waals surface area contributed by atoms with Crippen molar-refractivity contribution in [3.8, 4) is 33.8 Å². The number of hydrogen-bond donors (Lipinski definition) is 1. The van der Waals surface area contributed by atoms with Crippen molar-refractivity contribution in [1.82, 2.24) is 10.3 Å². The van der Waals surface area contributed by atoms with E-state index in [9.17, 15) is 4.79 Å². The second-order valence-corrected chi connectivity index (χ2v) is 11.6. The van der Waals surface area contributed by atoms with Crippen molar-refractivity contribution >= 4 is 17.0 Å². The number of para-hydroxylation sites is 1. The number of methoxy groups -OCH3 is 2. The lowest BCUT2D eigenvalue weighted by atomic mass is 9.86. The van der Waals surface area contributed by atoms with Gasteiger partial charge in [0.15, 0.2) is 11.5 Å². The molecular weight excluding hydrogens is 488 g/mol. The van der Waals surface area contributed by atoms with Crippen LogP contribution in [0.25, 0.3) is 33.2 Å². The fraction of sp³-hybridized carbons (Fsp3) is 0.333. The fourth-order valence-electron chi connectivity index (χ4n) is 4.49. The Hall–Kier alpha value is -4.06.